The molecule has 0 spiro atoms. The molecule has 0 N–H and O–H groups in total. The molecule has 0 heterocycles. The molecule has 67 valence electrons. The average Bonchev–Trinajstić information content (AvgIpc) is 2.21. The highest BCUT2D eigenvalue weighted by Crippen LogP contribution is 2.10. The van der Waals surface area contributed by atoms with Crippen molar-refractivity contribution in [2.75, 3.05) is 0 Å². The predicted octanol–water partition coefficient (Wildman–Crippen LogP) is 2.68. The van der Waals surface area contributed by atoms with Crippen LogP contribution in [-0.2, 0) is 0 Å². The lowest BCUT2D eigenvalue weighted by Gasteiger charge is -1.98. The van der Waals surface area contributed by atoms with Crippen molar-refractivity contribution in [3.05, 3.63) is 78.2 Å². The molecule has 0 bridgehead atoms. The highest BCUT2D eigenvalue weighted by molar-refractivity contribution is 5.36. The summed E-state index contributed by atoms with van der Waals surface area (Å²) in [7, 11) is 0. The zero-order valence-electron chi connectivity index (χ0n) is 7.72. The SMILES string of the molecule is [C](c1ccccc1)c1ccccc1.[N]. The number of rotatable bonds is 2. The van der Waals surface area contributed by atoms with Gasteiger partial charge in [-0.2, -0.15) is 0 Å². The fourth-order valence-electron chi connectivity index (χ4n) is 1.21. The van der Waals surface area contributed by atoms with E-state index >= 15 is 0 Å². The fourth-order valence-corrected chi connectivity index (χ4v) is 1.21. The smallest absolute Gasteiger partial charge is 0.0501 e. The van der Waals surface area contributed by atoms with E-state index in [0.29, 0.717) is 0 Å². The topological polar surface area (TPSA) is 30.5 Å². The third-order valence-corrected chi connectivity index (χ3v) is 1.84. The van der Waals surface area contributed by atoms with Gasteiger partial charge in [0.25, 0.3) is 0 Å². The quantitative estimate of drug-likeness (QED) is 0.680. The van der Waals surface area contributed by atoms with E-state index in [0.717, 1.165) is 11.1 Å². The molecule has 0 aromatic heterocycles. The van der Waals surface area contributed by atoms with Gasteiger partial charge >= 0.3 is 0 Å². The van der Waals surface area contributed by atoms with Crippen molar-refractivity contribution in [3.63, 3.8) is 0 Å². The molecule has 2 aromatic rings. The minimum absolute atomic E-state index is 0. The van der Waals surface area contributed by atoms with Crippen LogP contribution in [0.5, 0.6) is 0 Å². The maximum Gasteiger partial charge on any atom is 0.0501 e. The molecular weight excluding hydrogens is 170 g/mol. The maximum atomic E-state index is 3.30. The molecule has 0 aliphatic heterocycles. The summed E-state index contributed by atoms with van der Waals surface area (Å²) >= 11 is 0. The van der Waals surface area contributed by atoms with Crippen LogP contribution in [0.3, 0.4) is 0 Å². The standard InChI is InChI=1S/C13H10.N/c1-3-7-12(8-4-1)11-13-9-5-2-6-10-13;/h1-10H;. The highest BCUT2D eigenvalue weighted by atomic mass is 14.0. The monoisotopic (exact) mass is 180 g/mol. The minimum Gasteiger partial charge on any atom is -0.0622 e. The van der Waals surface area contributed by atoms with Gasteiger partial charge in [-0.05, 0) is 11.1 Å². The molecule has 0 unspecified atom stereocenters. The lowest BCUT2D eigenvalue weighted by atomic mass is 10.1. The fraction of sp³-hybridized carbons (Fsp3) is 0. The highest BCUT2D eigenvalue weighted by Gasteiger charge is 1.94. The van der Waals surface area contributed by atoms with Gasteiger partial charge in [-0.1, -0.05) is 60.7 Å². The van der Waals surface area contributed by atoms with Crippen molar-refractivity contribution in [1.29, 1.82) is 0 Å². The van der Waals surface area contributed by atoms with Crippen LogP contribution in [0.25, 0.3) is 0 Å². The Balaban J connectivity index is 0.000000980. The Hall–Kier alpha value is -1.60. The Labute approximate surface area is 85.0 Å². The Morgan fingerprint density at radius 1 is 0.571 bits per heavy atom. The van der Waals surface area contributed by atoms with E-state index < -0.39 is 0 Å². The minimum atomic E-state index is 0. The van der Waals surface area contributed by atoms with E-state index in [1.165, 1.54) is 0 Å². The van der Waals surface area contributed by atoms with Crippen LogP contribution in [0.2, 0.25) is 0 Å². The van der Waals surface area contributed by atoms with Crippen molar-refractivity contribution in [3.8, 4) is 0 Å². The van der Waals surface area contributed by atoms with Crippen molar-refractivity contribution >= 4 is 0 Å². The second-order valence-electron chi connectivity index (χ2n) is 2.86. The van der Waals surface area contributed by atoms with Crippen LogP contribution >= 0.6 is 0 Å². The van der Waals surface area contributed by atoms with Gasteiger partial charge in [-0.25, -0.2) is 0 Å². The molecule has 1 heteroatoms. The normalized spacial score (nSPS) is 9.14. The second kappa shape index (κ2) is 5.20. The zero-order chi connectivity index (χ0) is 8.93. The average molecular weight is 180 g/mol. The molecule has 2 aromatic carbocycles. The molecule has 0 fully saturated rings. The van der Waals surface area contributed by atoms with Crippen molar-refractivity contribution in [2.45, 2.75) is 0 Å². The number of hydrogen-bond donors (Lipinski definition) is 0. The molecule has 0 saturated heterocycles. The molecule has 5 radical (unpaired) electrons. The van der Waals surface area contributed by atoms with E-state index in [1.807, 2.05) is 60.7 Å². The van der Waals surface area contributed by atoms with Gasteiger partial charge in [0.1, 0.15) is 0 Å². The van der Waals surface area contributed by atoms with Gasteiger partial charge in [0.05, 0.1) is 6.42 Å². The number of nitrogens with zero attached hydrogens (tertiary/aromatic N) is 1. The number of hydrogen-bond acceptors (Lipinski definition) is 0. The van der Waals surface area contributed by atoms with Crippen LogP contribution in [0.1, 0.15) is 11.1 Å². The number of benzene rings is 2. The lowest BCUT2D eigenvalue weighted by Crippen LogP contribution is -1.82. The van der Waals surface area contributed by atoms with E-state index in [9.17, 15) is 0 Å². The third-order valence-electron chi connectivity index (χ3n) is 1.84. The van der Waals surface area contributed by atoms with E-state index in [4.69, 9.17) is 0 Å². The molecule has 14 heavy (non-hydrogen) atoms. The molecule has 1 nitrogen and oxygen atoms in total. The summed E-state index contributed by atoms with van der Waals surface area (Å²) in [5, 5.41) is 0. The van der Waals surface area contributed by atoms with Gasteiger partial charge in [-0.3, -0.25) is 0 Å². The van der Waals surface area contributed by atoms with Crippen molar-refractivity contribution in [1.82, 2.24) is 6.15 Å². The van der Waals surface area contributed by atoms with Gasteiger partial charge in [0.15, 0.2) is 0 Å². The molecule has 0 amide bonds. The van der Waals surface area contributed by atoms with Gasteiger partial charge in [0.2, 0.25) is 0 Å². The third kappa shape index (κ3) is 2.71. The summed E-state index contributed by atoms with van der Waals surface area (Å²) in [5.41, 5.74) is 2.24. The lowest BCUT2D eigenvalue weighted by molar-refractivity contribution is 1.43. The summed E-state index contributed by atoms with van der Waals surface area (Å²) in [4.78, 5) is 0. The van der Waals surface area contributed by atoms with Crippen LogP contribution in [0.4, 0.5) is 0 Å². The molecule has 0 saturated carbocycles. The van der Waals surface area contributed by atoms with Crippen LogP contribution < -0.4 is 6.15 Å². The second-order valence-corrected chi connectivity index (χ2v) is 2.86. The summed E-state index contributed by atoms with van der Waals surface area (Å²) in [6, 6.07) is 20.3. The molecule has 0 aliphatic carbocycles. The van der Waals surface area contributed by atoms with Gasteiger partial charge in [-0.15, -0.1) is 0 Å². The largest absolute Gasteiger partial charge is 0.0622 e. The summed E-state index contributed by atoms with van der Waals surface area (Å²) in [6.45, 7) is 0. The van der Waals surface area contributed by atoms with Crippen molar-refractivity contribution in [2.24, 2.45) is 0 Å². The summed E-state index contributed by atoms with van der Waals surface area (Å²) in [5.74, 6) is 0. The first-order chi connectivity index (χ1) is 6.45. The Kier molecular flexibility index (Phi) is 3.89. The Bertz CT molecular complexity index is 316. The maximum absolute atomic E-state index is 3.30. The first-order valence-corrected chi connectivity index (χ1v) is 4.32. The van der Waals surface area contributed by atoms with Crippen molar-refractivity contribution < 1.29 is 0 Å². The Morgan fingerprint density at radius 2 is 0.929 bits per heavy atom. The molecule has 0 atom stereocenters. The van der Waals surface area contributed by atoms with Gasteiger partial charge < -0.3 is 0 Å². The van der Waals surface area contributed by atoms with Crippen LogP contribution in [0.15, 0.2) is 60.7 Å². The van der Waals surface area contributed by atoms with E-state index in [-0.39, 0.29) is 6.15 Å². The molecular formula is C13H10N. The Morgan fingerprint density at radius 3 is 1.29 bits per heavy atom. The summed E-state index contributed by atoms with van der Waals surface area (Å²) < 4.78 is 0. The predicted molar refractivity (Wildman–Crippen MR) is 56.5 cm³/mol. The molecule has 0 aliphatic rings. The first-order valence-electron chi connectivity index (χ1n) is 4.32. The van der Waals surface area contributed by atoms with Gasteiger partial charge in [0, 0.05) is 6.15 Å². The van der Waals surface area contributed by atoms with Crippen LogP contribution in [0, 0.1) is 6.42 Å². The molecule has 2 rings (SSSR count). The first kappa shape index (κ1) is 10.5. The van der Waals surface area contributed by atoms with E-state index in [1.54, 1.807) is 0 Å². The van der Waals surface area contributed by atoms with E-state index in [2.05, 4.69) is 6.42 Å². The summed E-state index contributed by atoms with van der Waals surface area (Å²) in [6.07, 6.45) is 3.30. The van der Waals surface area contributed by atoms with Crippen LogP contribution in [-0.4, -0.2) is 0 Å². The zero-order valence-corrected chi connectivity index (χ0v) is 7.72.